The van der Waals surface area contributed by atoms with Crippen molar-refractivity contribution in [3.63, 3.8) is 0 Å². The molecule has 5 nitrogen and oxygen atoms in total. The van der Waals surface area contributed by atoms with Crippen LogP contribution in [0.1, 0.15) is 53.4 Å². The van der Waals surface area contributed by atoms with Crippen LogP contribution >= 0.6 is 0 Å². The summed E-state index contributed by atoms with van der Waals surface area (Å²) < 4.78 is 5.79. The van der Waals surface area contributed by atoms with Crippen LogP contribution in [0.15, 0.2) is 36.4 Å². The van der Waals surface area contributed by atoms with E-state index in [1.165, 1.54) is 18.2 Å². The topological polar surface area (TPSA) is 87.0 Å². The van der Waals surface area contributed by atoms with E-state index in [4.69, 9.17) is 9.84 Å². The van der Waals surface area contributed by atoms with Crippen LogP contribution in [-0.4, -0.2) is 27.9 Å². The Hall–Kier alpha value is -2.97. The average Bonchev–Trinajstić information content (AvgIpc) is 2.59. The van der Waals surface area contributed by atoms with Gasteiger partial charge in [0.15, 0.2) is 0 Å². The van der Waals surface area contributed by atoms with Crippen molar-refractivity contribution in [1.29, 1.82) is 0 Å². The van der Waals surface area contributed by atoms with Gasteiger partial charge in [-0.05, 0) is 30.0 Å². The Morgan fingerprint density at radius 3 is 2.73 bits per heavy atom. The monoisotopic (exact) mass is 352 g/mol. The van der Waals surface area contributed by atoms with Gasteiger partial charge in [-0.15, -0.1) is 0 Å². The number of ether oxygens (including phenoxy) is 1. The van der Waals surface area contributed by atoms with E-state index < -0.39 is 12.1 Å². The van der Waals surface area contributed by atoms with Crippen LogP contribution in [-0.2, 0) is 5.41 Å². The molecule has 0 fully saturated rings. The predicted octanol–water partition coefficient (Wildman–Crippen LogP) is 3.24. The van der Waals surface area contributed by atoms with E-state index in [1.54, 1.807) is 6.07 Å². The summed E-state index contributed by atoms with van der Waals surface area (Å²) in [6.45, 7) is 4.87. The fraction of sp³-hybridized carbons (Fsp3) is 0.286. The van der Waals surface area contributed by atoms with Crippen molar-refractivity contribution in [1.82, 2.24) is 0 Å². The van der Waals surface area contributed by atoms with Gasteiger partial charge in [-0.2, -0.15) is 0 Å². The minimum Gasteiger partial charge on any atom is -0.507 e. The Kier molecular flexibility index (Phi) is 4.62. The number of carboxylic acid groups (broad SMARTS) is 1. The van der Waals surface area contributed by atoms with Gasteiger partial charge in [0.1, 0.15) is 23.2 Å². The highest BCUT2D eigenvalue weighted by Gasteiger charge is 2.31. The van der Waals surface area contributed by atoms with Gasteiger partial charge < -0.3 is 20.1 Å². The fourth-order valence-electron chi connectivity index (χ4n) is 3.03. The molecule has 1 aliphatic heterocycles. The van der Waals surface area contributed by atoms with Gasteiger partial charge in [-0.25, -0.2) is 4.79 Å². The third kappa shape index (κ3) is 3.37. The number of fused-ring (bicyclic) bond motifs is 1. The Morgan fingerprint density at radius 2 is 2.04 bits per heavy atom. The summed E-state index contributed by atoms with van der Waals surface area (Å²) in [6, 6.07) is 9.70. The number of rotatable bonds is 2. The molecule has 5 heteroatoms. The number of carbonyl (C=O) groups is 1. The lowest BCUT2D eigenvalue weighted by atomic mass is 9.78. The number of aliphatic hydroxyl groups excluding tert-OH is 1. The second-order valence-corrected chi connectivity index (χ2v) is 6.92. The summed E-state index contributed by atoms with van der Waals surface area (Å²) >= 11 is 0. The van der Waals surface area contributed by atoms with Gasteiger partial charge in [0.05, 0.1) is 6.61 Å². The van der Waals surface area contributed by atoms with Gasteiger partial charge in [-0.3, -0.25) is 0 Å². The van der Waals surface area contributed by atoms with Crippen LogP contribution < -0.4 is 4.74 Å². The van der Waals surface area contributed by atoms with Crippen LogP contribution in [0.3, 0.4) is 0 Å². The first-order valence-corrected chi connectivity index (χ1v) is 8.32. The Bertz CT molecular complexity index is 918. The molecule has 1 atom stereocenters. The van der Waals surface area contributed by atoms with Crippen molar-refractivity contribution in [2.45, 2.75) is 31.8 Å². The molecule has 1 heterocycles. The van der Waals surface area contributed by atoms with Gasteiger partial charge in [0, 0.05) is 16.7 Å². The zero-order valence-electron chi connectivity index (χ0n) is 14.6. The molecule has 1 aliphatic rings. The summed E-state index contributed by atoms with van der Waals surface area (Å²) in [7, 11) is 0. The molecule has 3 N–H and O–H groups in total. The number of hydrogen-bond donors (Lipinski definition) is 3. The van der Waals surface area contributed by atoms with Crippen LogP contribution in [0.5, 0.6) is 11.5 Å². The van der Waals surface area contributed by atoms with E-state index in [1.807, 2.05) is 12.1 Å². The van der Waals surface area contributed by atoms with E-state index >= 15 is 0 Å². The number of aliphatic hydroxyl groups is 1. The summed E-state index contributed by atoms with van der Waals surface area (Å²) in [5, 5.41) is 29.2. The lowest BCUT2D eigenvalue weighted by Gasteiger charge is -2.33. The minimum absolute atomic E-state index is 0.0325. The predicted molar refractivity (Wildman–Crippen MR) is 96.5 cm³/mol. The number of phenols is 1. The number of carboxylic acids is 1. The second-order valence-electron chi connectivity index (χ2n) is 6.92. The van der Waals surface area contributed by atoms with E-state index in [-0.39, 0.29) is 16.7 Å². The lowest BCUT2D eigenvalue weighted by Crippen LogP contribution is -2.27. The zero-order chi connectivity index (χ0) is 18.9. The largest absolute Gasteiger partial charge is 0.507 e. The molecule has 0 amide bonds. The second kappa shape index (κ2) is 6.74. The van der Waals surface area contributed by atoms with Gasteiger partial charge in [0.2, 0.25) is 0 Å². The highest BCUT2D eigenvalue weighted by atomic mass is 16.5. The standard InChI is InChI=1S/C21H20O5/c1-21(2)10-11-26-19-14(4-3-5-16(19)21)17(22)9-7-13-6-8-15(20(24)25)18(23)12-13/h3-6,8,12,17,22-23H,10-11H2,1-2H3,(H,24,25). The first-order chi connectivity index (χ1) is 12.3. The maximum Gasteiger partial charge on any atom is 0.339 e. The SMILES string of the molecule is CC1(C)CCOc2c(C(O)C#Cc3ccc(C(=O)O)c(O)c3)cccc21. The number of aromatic carboxylic acids is 1. The summed E-state index contributed by atoms with van der Waals surface area (Å²) in [6.07, 6.45) is -0.152. The highest BCUT2D eigenvalue weighted by molar-refractivity contribution is 5.90. The number of para-hydroxylation sites is 1. The third-order valence-electron chi connectivity index (χ3n) is 4.62. The first-order valence-electron chi connectivity index (χ1n) is 8.32. The van der Waals surface area contributed by atoms with E-state index in [2.05, 4.69) is 25.7 Å². The zero-order valence-corrected chi connectivity index (χ0v) is 14.6. The summed E-state index contributed by atoms with van der Waals surface area (Å²) in [4.78, 5) is 10.9. The number of aromatic hydroxyl groups is 1. The quantitative estimate of drug-likeness (QED) is 0.723. The molecule has 26 heavy (non-hydrogen) atoms. The molecule has 0 aromatic heterocycles. The van der Waals surface area contributed by atoms with Crippen molar-refractivity contribution in [2.24, 2.45) is 0 Å². The highest BCUT2D eigenvalue weighted by Crippen LogP contribution is 2.41. The smallest absolute Gasteiger partial charge is 0.339 e. The molecule has 134 valence electrons. The minimum atomic E-state index is -1.21. The van der Waals surface area contributed by atoms with Crippen molar-refractivity contribution in [2.75, 3.05) is 6.61 Å². The molecular formula is C21H20O5. The van der Waals surface area contributed by atoms with E-state index in [0.29, 0.717) is 23.5 Å². The molecule has 0 radical (unpaired) electrons. The molecule has 0 bridgehead atoms. The van der Waals surface area contributed by atoms with Crippen molar-refractivity contribution >= 4 is 5.97 Å². The molecule has 0 spiro atoms. The number of benzene rings is 2. The van der Waals surface area contributed by atoms with E-state index in [9.17, 15) is 15.0 Å². The van der Waals surface area contributed by atoms with Crippen LogP contribution in [0.4, 0.5) is 0 Å². The molecule has 0 saturated heterocycles. The third-order valence-corrected chi connectivity index (χ3v) is 4.62. The Balaban J connectivity index is 1.91. The van der Waals surface area contributed by atoms with Gasteiger partial charge >= 0.3 is 5.97 Å². The first kappa shape index (κ1) is 17.8. The summed E-state index contributed by atoms with van der Waals surface area (Å²) in [5.41, 5.74) is 1.84. The average molecular weight is 352 g/mol. The number of hydrogen-bond acceptors (Lipinski definition) is 4. The van der Waals surface area contributed by atoms with Crippen molar-refractivity contribution < 1.29 is 24.9 Å². The molecule has 2 aromatic carbocycles. The summed E-state index contributed by atoms with van der Waals surface area (Å²) in [5.74, 6) is 4.61. The van der Waals surface area contributed by atoms with Crippen LogP contribution in [0, 0.1) is 11.8 Å². The molecule has 2 aromatic rings. The normalized spacial score (nSPS) is 15.8. The lowest BCUT2D eigenvalue weighted by molar-refractivity contribution is 0.0693. The van der Waals surface area contributed by atoms with Crippen LogP contribution in [0.25, 0.3) is 0 Å². The molecule has 3 rings (SSSR count). The van der Waals surface area contributed by atoms with Crippen molar-refractivity contribution in [3.8, 4) is 23.3 Å². The maximum atomic E-state index is 10.9. The fourth-order valence-corrected chi connectivity index (χ4v) is 3.03. The molecular weight excluding hydrogens is 332 g/mol. The van der Waals surface area contributed by atoms with Gasteiger partial charge in [-0.1, -0.05) is 43.9 Å². The molecule has 0 aliphatic carbocycles. The van der Waals surface area contributed by atoms with Gasteiger partial charge in [0.25, 0.3) is 0 Å². The van der Waals surface area contributed by atoms with E-state index in [0.717, 1.165) is 12.0 Å². The van der Waals surface area contributed by atoms with Crippen LogP contribution in [0.2, 0.25) is 0 Å². The van der Waals surface area contributed by atoms with Crippen molar-refractivity contribution in [3.05, 3.63) is 58.7 Å². The molecule has 0 saturated carbocycles. The Labute approximate surface area is 151 Å². The Morgan fingerprint density at radius 1 is 1.27 bits per heavy atom. The molecule has 1 unspecified atom stereocenters. The maximum absolute atomic E-state index is 10.9.